The van der Waals surface area contributed by atoms with Gasteiger partial charge in [0.2, 0.25) is 0 Å². The van der Waals surface area contributed by atoms with Gasteiger partial charge in [-0.25, -0.2) is 4.39 Å². The Kier molecular flexibility index (Phi) is 3.84. The molecule has 6 heteroatoms. The van der Waals surface area contributed by atoms with Gasteiger partial charge in [0.1, 0.15) is 17.3 Å². The van der Waals surface area contributed by atoms with Gasteiger partial charge < -0.3 is 10.1 Å². The normalized spacial score (nSPS) is 10.2. The maximum Gasteiger partial charge on any atom is 0.275 e. The molecule has 0 unspecified atom stereocenters. The number of non-ortho nitro benzene ring substituents is 1. The number of nitro groups is 1. The molecule has 0 aliphatic rings. The van der Waals surface area contributed by atoms with Crippen molar-refractivity contribution in [1.82, 2.24) is 0 Å². The van der Waals surface area contributed by atoms with Crippen molar-refractivity contribution in [3.63, 3.8) is 0 Å². The van der Waals surface area contributed by atoms with E-state index in [1.807, 2.05) is 0 Å². The average molecular weight is 276 g/mol. The van der Waals surface area contributed by atoms with E-state index in [-0.39, 0.29) is 11.5 Å². The largest absolute Gasteiger partial charge is 0.457 e. The highest BCUT2D eigenvalue weighted by atomic mass is 19.1. The Morgan fingerprint density at radius 1 is 1.20 bits per heavy atom. The maximum absolute atomic E-state index is 13.2. The van der Waals surface area contributed by atoms with E-state index in [1.54, 1.807) is 20.0 Å². The first-order chi connectivity index (χ1) is 9.49. The number of halogens is 1. The molecule has 2 aromatic rings. The minimum absolute atomic E-state index is 0.0781. The minimum atomic E-state index is -0.496. The van der Waals surface area contributed by atoms with Gasteiger partial charge in [0.25, 0.3) is 5.69 Å². The summed E-state index contributed by atoms with van der Waals surface area (Å²) in [6.45, 7) is 1.62. The maximum atomic E-state index is 13.2. The molecule has 1 N–H and O–H groups in total. The summed E-state index contributed by atoms with van der Waals surface area (Å²) in [6.07, 6.45) is 0. The molecule has 0 aliphatic heterocycles. The Hall–Kier alpha value is -2.63. The Morgan fingerprint density at radius 2 is 1.95 bits per heavy atom. The summed E-state index contributed by atoms with van der Waals surface area (Å²) in [5.74, 6) is 0.410. The van der Waals surface area contributed by atoms with Crippen LogP contribution in [0.3, 0.4) is 0 Å². The second-order valence-electron chi connectivity index (χ2n) is 4.24. The van der Waals surface area contributed by atoms with Gasteiger partial charge in [-0.3, -0.25) is 10.1 Å². The van der Waals surface area contributed by atoms with Crippen LogP contribution in [0.1, 0.15) is 5.56 Å². The first-order valence-electron chi connectivity index (χ1n) is 5.91. The second-order valence-corrected chi connectivity index (χ2v) is 4.24. The summed E-state index contributed by atoms with van der Waals surface area (Å²) >= 11 is 0. The van der Waals surface area contributed by atoms with Crippen LogP contribution in [0.15, 0.2) is 36.4 Å². The number of rotatable bonds is 4. The monoisotopic (exact) mass is 276 g/mol. The lowest BCUT2D eigenvalue weighted by molar-refractivity contribution is -0.384. The quantitative estimate of drug-likeness (QED) is 0.680. The third-order valence-corrected chi connectivity index (χ3v) is 2.76. The third kappa shape index (κ3) is 3.03. The molecule has 0 heterocycles. The molecule has 0 aromatic heterocycles. The SMILES string of the molecule is CNc1cc(Oc2ccc(F)c(C)c2)cc([N+](=O)[O-])c1. The molecule has 2 rings (SSSR count). The van der Waals surface area contributed by atoms with Crippen molar-refractivity contribution in [2.24, 2.45) is 0 Å². The van der Waals surface area contributed by atoms with E-state index in [9.17, 15) is 14.5 Å². The zero-order valence-corrected chi connectivity index (χ0v) is 11.0. The van der Waals surface area contributed by atoms with Gasteiger partial charge in [-0.15, -0.1) is 0 Å². The zero-order chi connectivity index (χ0) is 14.7. The Balaban J connectivity index is 2.34. The van der Waals surface area contributed by atoms with Gasteiger partial charge in [0.15, 0.2) is 0 Å². The molecule has 5 nitrogen and oxygen atoms in total. The van der Waals surface area contributed by atoms with Crippen LogP contribution in [0.4, 0.5) is 15.8 Å². The van der Waals surface area contributed by atoms with Gasteiger partial charge in [0.05, 0.1) is 11.0 Å². The fourth-order valence-electron chi connectivity index (χ4n) is 1.71. The van der Waals surface area contributed by atoms with Crippen molar-refractivity contribution >= 4 is 11.4 Å². The summed E-state index contributed by atoms with van der Waals surface area (Å²) in [5, 5.41) is 13.7. The topological polar surface area (TPSA) is 64.4 Å². The van der Waals surface area contributed by atoms with Gasteiger partial charge in [-0.05, 0) is 30.7 Å². The van der Waals surface area contributed by atoms with Crippen LogP contribution < -0.4 is 10.1 Å². The molecule has 0 radical (unpaired) electrons. The van der Waals surface area contributed by atoms with Crippen molar-refractivity contribution < 1.29 is 14.1 Å². The molecule has 104 valence electrons. The third-order valence-electron chi connectivity index (χ3n) is 2.76. The molecular formula is C14H13FN2O3. The van der Waals surface area contributed by atoms with Crippen LogP contribution >= 0.6 is 0 Å². The van der Waals surface area contributed by atoms with Crippen molar-refractivity contribution in [3.05, 3.63) is 57.9 Å². The summed E-state index contributed by atoms with van der Waals surface area (Å²) in [4.78, 5) is 10.3. The highest BCUT2D eigenvalue weighted by Crippen LogP contribution is 2.30. The molecule has 20 heavy (non-hydrogen) atoms. The van der Waals surface area contributed by atoms with E-state index >= 15 is 0 Å². The van der Waals surface area contributed by atoms with Crippen LogP contribution in [0.5, 0.6) is 11.5 Å². The van der Waals surface area contributed by atoms with Crippen molar-refractivity contribution in [3.8, 4) is 11.5 Å². The van der Waals surface area contributed by atoms with Crippen LogP contribution in [-0.4, -0.2) is 12.0 Å². The molecule has 0 spiro atoms. The van der Waals surface area contributed by atoms with Gasteiger partial charge in [-0.2, -0.15) is 0 Å². The summed E-state index contributed by atoms with van der Waals surface area (Å²) in [6, 6.07) is 8.66. The number of benzene rings is 2. The van der Waals surface area contributed by atoms with Crippen LogP contribution in [-0.2, 0) is 0 Å². The van der Waals surface area contributed by atoms with Crippen molar-refractivity contribution in [1.29, 1.82) is 0 Å². The lowest BCUT2D eigenvalue weighted by Gasteiger charge is -2.09. The zero-order valence-electron chi connectivity index (χ0n) is 11.0. The van der Waals surface area contributed by atoms with Gasteiger partial charge in [-0.1, -0.05) is 0 Å². The second kappa shape index (κ2) is 5.56. The number of ether oxygens (including phenoxy) is 1. The molecule has 0 atom stereocenters. The first kappa shape index (κ1) is 13.8. The first-order valence-corrected chi connectivity index (χ1v) is 5.91. The van der Waals surface area contributed by atoms with Crippen LogP contribution in [0.2, 0.25) is 0 Å². The molecule has 0 fully saturated rings. The fourth-order valence-corrected chi connectivity index (χ4v) is 1.71. The Labute approximate surface area is 115 Å². The number of nitrogens with one attached hydrogen (secondary N) is 1. The van der Waals surface area contributed by atoms with E-state index in [2.05, 4.69) is 5.32 Å². The smallest absolute Gasteiger partial charge is 0.275 e. The van der Waals surface area contributed by atoms with Crippen molar-refractivity contribution in [2.75, 3.05) is 12.4 Å². The van der Waals surface area contributed by atoms with Gasteiger partial charge in [0, 0.05) is 24.9 Å². The average Bonchev–Trinajstić information content (AvgIpc) is 2.42. The van der Waals surface area contributed by atoms with Crippen LogP contribution in [0.25, 0.3) is 0 Å². The van der Waals surface area contributed by atoms with E-state index in [1.165, 1.54) is 30.3 Å². The van der Waals surface area contributed by atoms with Gasteiger partial charge >= 0.3 is 0 Å². The number of hydrogen-bond acceptors (Lipinski definition) is 4. The highest BCUT2D eigenvalue weighted by molar-refractivity contribution is 5.56. The Morgan fingerprint density at radius 3 is 2.55 bits per heavy atom. The highest BCUT2D eigenvalue weighted by Gasteiger charge is 2.11. The molecule has 0 saturated carbocycles. The Bertz CT molecular complexity index is 659. The van der Waals surface area contributed by atoms with E-state index < -0.39 is 4.92 Å². The predicted octanol–water partition coefficient (Wildman–Crippen LogP) is 3.88. The molecule has 0 bridgehead atoms. The molecular weight excluding hydrogens is 263 g/mol. The standard InChI is InChI=1S/C14H13FN2O3/c1-9-5-12(3-4-14(9)15)20-13-7-10(16-2)6-11(8-13)17(18)19/h3-8,16H,1-2H3. The number of hydrogen-bond donors (Lipinski definition) is 1. The lowest BCUT2D eigenvalue weighted by Crippen LogP contribution is -1.94. The predicted molar refractivity (Wildman–Crippen MR) is 73.9 cm³/mol. The lowest BCUT2D eigenvalue weighted by atomic mass is 10.2. The van der Waals surface area contributed by atoms with E-state index in [4.69, 9.17) is 4.74 Å². The molecule has 0 saturated heterocycles. The fraction of sp³-hybridized carbons (Fsp3) is 0.143. The van der Waals surface area contributed by atoms with E-state index in [0.717, 1.165) is 0 Å². The van der Waals surface area contributed by atoms with Crippen LogP contribution in [0, 0.1) is 22.9 Å². The molecule has 0 amide bonds. The summed E-state index contributed by atoms with van der Waals surface area (Å²) in [7, 11) is 1.66. The number of aryl methyl sites for hydroxylation is 1. The number of anilines is 1. The number of nitro benzene ring substituents is 1. The van der Waals surface area contributed by atoms with E-state index in [0.29, 0.717) is 22.7 Å². The summed E-state index contributed by atoms with van der Waals surface area (Å²) < 4.78 is 18.7. The minimum Gasteiger partial charge on any atom is -0.457 e. The molecule has 0 aliphatic carbocycles. The van der Waals surface area contributed by atoms with Crippen molar-refractivity contribution in [2.45, 2.75) is 6.92 Å². The summed E-state index contributed by atoms with van der Waals surface area (Å²) in [5.41, 5.74) is 0.931. The molecule has 2 aromatic carbocycles. The number of nitrogens with zero attached hydrogens (tertiary/aromatic N) is 1.